The Bertz CT molecular complexity index is 3250. The van der Waals surface area contributed by atoms with Crippen LogP contribution < -0.4 is 11.1 Å². The van der Waals surface area contributed by atoms with Crippen LogP contribution in [0, 0.1) is 0 Å². The van der Waals surface area contributed by atoms with Crippen LogP contribution in [-0.4, -0.2) is 91.5 Å². The van der Waals surface area contributed by atoms with E-state index in [9.17, 15) is 24.3 Å². The largest absolute Gasteiger partial charge is 0.480 e. The first-order valence-electron chi connectivity index (χ1n) is 22.2. The molecule has 17 nitrogen and oxygen atoms in total. The molecule has 8 aromatic rings. The van der Waals surface area contributed by atoms with Crippen LogP contribution in [0.5, 0.6) is 0 Å². The Morgan fingerprint density at radius 3 is 2.22 bits per heavy atom. The second-order valence-corrected chi connectivity index (χ2v) is 19.9. The number of furan rings is 1. The molecule has 5 aromatic carbocycles. The molecule has 73 heavy (non-hydrogen) atoms. The standard InChI is InChI=1S/C20H21N7O6S2.C18H14Cl4N2O.C12H8O/c21-6-11-4-2-1-3-10(11)5-13(28)22-15-17(31)27-16(19(32)33)12(8-34-18(15)27)9-35-20-23-24-25-26(20)7-14(29)30;19-12-4-5-13(17(22)8-12)18(9-24-7-6-23-11-24)25-10-14-15(20)2-1-3-16(14)21;1-3-7-11-9(5-1)10-6-2-4-8-12(10)13-11/h1-4,15,18H,5-9,21H2,(H,22,28)(H,29,30)(H,32,33);1-8,11,18H,9-10H2;1-8H/t15-,18-;;/m1../s1. The van der Waals surface area contributed by atoms with E-state index in [1.165, 1.54) is 27.4 Å². The summed E-state index contributed by atoms with van der Waals surface area (Å²) in [4.78, 5) is 53.7. The number of imidazole rings is 1. The van der Waals surface area contributed by atoms with Crippen LogP contribution in [0.4, 0.5) is 0 Å². The highest BCUT2D eigenvalue weighted by Gasteiger charge is 2.54. The van der Waals surface area contributed by atoms with Gasteiger partial charge in [-0.25, -0.2) is 14.5 Å². The van der Waals surface area contributed by atoms with E-state index >= 15 is 0 Å². The van der Waals surface area contributed by atoms with Crippen molar-refractivity contribution in [2.24, 2.45) is 5.73 Å². The van der Waals surface area contributed by atoms with Crippen LogP contribution in [0.2, 0.25) is 20.1 Å². The zero-order valence-corrected chi connectivity index (χ0v) is 42.8. The van der Waals surface area contributed by atoms with E-state index in [-0.39, 0.29) is 48.2 Å². The number of nitrogens with one attached hydrogen (secondary N) is 1. The smallest absolute Gasteiger partial charge is 0.352 e. The summed E-state index contributed by atoms with van der Waals surface area (Å²) in [6, 6.07) is 33.4. The fourth-order valence-corrected chi connectivity index (χ4v) is 11.3. The molecule has 1 saturated heterocycles. The highest BCUT2D eigenvalue weighted by Crippen LogP contribution is 2.42. The fourth-order valence-electron chi connectivity index (χ4n) is 7.92. The number of β-lactam (4-membered cyclic amide) rings is 1. The maximum Gasteiger partial charge on any atom is 0.352 e. The molecular weight excluding hydrogens is 1060 g/mol. The number of carbonyl (C=O) groups is 4. The summed E-state index contributed by atoms with van der Waals surface area (Å²) >= 11 is 27.3. The first kappa shape index (κ1) is 52.9. The number of nitrogens with two attached hydrogens (primary N) is 1. The Morgan fingerprint density at radius 2 is 1.58 bits per heavy atom. The molecule has 0 bridgehead atoms. The lowest BCUT2D eigenvalue weighted by Crippen LogP contribution is -2.70. The minimum absolute atomic E-state index is 0.0586. The molecule has 2 aliphatic rings. The van der Waals surface area contributed by atoms with Crippen molar-refractivity contribution in [2.75, 3.05) is 11.5 Å². The number of fused-ring (bicyclic) bond motifs is 4. The number of aromatic nitrogens is 6. The third kappa shape index (κ3) is 12.9. The fraction of sp³-hybridized carbons (Fsp3) is 0.200. The van der Waals surface area contributed by atoms with E-state index in [2.05, 4.69) is 38.0 Å². The number of halogens is 4. The molecule has 2 aliphatic heterocycles. The molecule has 10 rings (SSSR count). The van der Waals surface area contributed by atoms with Crippen LogP contribution in [-0.2, 0) is 56.6 Å². The number of carbonyl (C=O) groups excluding carboxylic acids is 2. The van der Waals surface area contributed by atoms with Gasteiger partial charge in [-0.05, 0) is 63.5 Å². The topological polar surface area (TPSA) is 234 Å². The minimum atomic E-state index is -1.26. The number of nitrogens with zero attached hydrogens (tertiary/aromatic N) is 7. The summed E-state index contributed by atoms with van der Waals surface area (Å²) in [7, 11) is 0. The van der Waals surface area contributed by atoms with Gasteiger partial charge in [0.1, 0.15) is 40.9 Å². The SMILES string of the molecule is Clc1ccc(C(Cn2ccnc2)OCc2c(Cl)cccc2Cl)c(Cl)c1.NCc1ccccc1CC(=O)N[C@@H]1C(=O)N2C(C(=O)O)=C(CSc3nnnn3CC(=O)O)CS[C@H]12.c1ccc2c(c1)oc1ccccc12. The van der Waals surface area contributed by atoms with Gasteiger partial charge >= 0.3 is 11.9 Å². The molecule has 0 aliphatic carbocycles. The number of amides is 2. The summed E-state index contributed by atoms with van der Waals surface area (Å²) in [5, 5.41) is 36.6. The van der Waals surface area contributed by atoms with Gasteiger partial charge in [-0.3, -0.25) is 19.3 Å². The molecule has 3 atom stereocenters. The second kappa shape index (κ2) is 24.5. The number of rotatable bonds is 16. The molecule has 0 spiro atoms. The molecular formula is C50H43Cl4N9O8S2. The van der Waals surface area contributed by atoms with Crippen molar-refractivity contribution < 1.29 is 38.5 Å². The van der Waals surface area contributed by atoms with Crippen molar-refractivity contribution in [2.45, 2.75) is 55.3 Å². The highest BCUT2D eigenvalue weighted by molar-refractivity contribution is 8.01. The average molecular weight is 1100 g/mol. The molecule has 23 heteroatoms. The Morgan fingerprint density at radius 1 is 0.890 bits per heavy atom. The zero-order chi connectivity index (χ0) is 51.6. The summed E-state index contributed by atoms with van der Waals surface area (Å²) in [6.07, 6.45) is 5.05. The van der Waals surface area contributed by atoms with Crippen molar-refractivity contribution in [3.63, 3.8) is 0 Å². The lowest BCUT2D eigenvalue weighted by atomic mass is 10.0. The number of hydrogen-bond acceptors (Lipinski definition) is 13. The Hall–Kier alpha value is -6.42. The number of para-hydroxylation sites is 2. The van der Waals surface area contributed by atoms with E-state index in [1.54, 1.807) is 55.0 Å². The number of carboxylic acids is 2. The number of aliphatic carboxylic acids is 2. The van der Waals surface area contributed by atoms with E-state index in [0.717, 1.165) is 49.9 Å². The monoisotopic (exact) mass is 1100 g/mol. The van der Waals surface area contributed by atoms with E-state index in [0.29, 0.717) is 38.0 Å². The maximum atomic E-state index is 12.8. The molecule has 2 amide bonds. The van der Waals surface area contributed by atoms with Gasteiger partial charge < -0.3 is 35.0 Å². The van der Waals surface area contributed by atoms with Crippen LogP contribution in [0.15, 0.2) is 149 Å². The molecule has 1 fully saturated rings. The van der Waals surface area contributed by atoms with Crippen LogP contribution >= 0.6 is 69.9 Å². The molecule has 1 unspecified atom stereocenters. The molecule has 0 saturated carbocycles. The quantitative estimate of drug-likeness (QED) is 0.0521. The van der Waals surface area contributed by atoms with Crippen molar-refractivity contribution in [1.29, 1.82) is 0 Å². The number of thioether (sulfide) groups is 2. The Labute approximate surface area is 445 Å². The predicted molar refractivity (Wildman–Crippen MR) is 280 cm³/mol. The molecule has 3 aromatic heterocycles. The van der Waals surface area contributed by atoms with Gasteiger partial charge in [-0.15, -0.1) is 16.9 Å². The Balaban J connectivity index is 0.000000161. The highest BCUT2D eigenvalue weighted by atomic mass is 35.5. The van der Waals surface area contributed by atoms with Crippen LogP contribution in [0.1, 0.15) is 28.4 Å². The predicted octanol–water partition coefficient (Wildman–Crippen LogP) is 9.33. The third-order valence-electron chi connectivity index (χ3n) is 11.4. The second-order valence-electron chi connectivity index (χ2n) is 16.2. The number of ether oxygens (including phenoxy) is 1. The number of tetrazole rings is 1. The average Bonchev–Trinajstić information content (AvgIpc) is 4.15. The van der Waals surface area contributed by atoms with E-state index in [4.69, 9.17) is 66.4 Å². The summed E-state index contributed by atoms with van der Waals surface area (Å²) in [5.74, 6) is -2.77. The minimum Gasteiger partial charge on any atom is -0.480 e. The molecule has 5 N–H and O–H groups in total. The van der Waals surface area contributed by atoms with Crippen LogP contribution in [0.3, 0.4) is 0 Å². The third-order valence-corrected chi connectivity index (χ3v) is 15.1. The lowest BCUT2D eigenvalue weighted by molar-refractivity contribution is -0.150. The molecule has 5 heterocycles. The van der Waals surface area contributed by atoms with Gasteiger partial charge in [0, 0.05) is 72.4 Å². The van der Waals surface area contributed by atoms with Crippen LogP contribution in [0.25, 0.3) is 21.9 Å². The first-order valence-corrected chi connectivity index (χ1v) is 25.7. The van der Waals surface area contributed by atoms with Crippen molar-refractivity contribution in [3.05, 3.63) is 182 Å². The van der Waals surface area contributed by atoms with Crippen molar-refractivity contribution >= 4 is 116 Å². The Kier molecular flexibility index (Phi) is 17.8. The van der Waals surface area contributed by atoms with Gasteiger partial charge in [0.15, 0.2) is 0 Å². The zero-order valence-electron chi connectivity index (χ0n) is 38.2. The molecule has 376 valence electrons. The van der Waals surface area contributed by atoms with E-state index < -0.39 is 35.8 Å². The number of hydrogen-bond donors (Lipinski definition) is 4. The van der Waals surface area contributed by atoms with Crippen molar-refractivity contribution in [3.8, 4) is 0 Å². The summed E-state index contributed by atoms with van der Waals surface area (Å²) in [6.45, 7) is 0.660. The van der Waals surface area contributed by atoms with Gasteiger partial charge in [0.25, 0.3) is 5.91 Å². The summed E-state index contributed by atoms with van der Waals surface area (Å²) in [5.41, 5.74) is 11.2. The lowest BCUT2D eigenvalue weighted by Gasteiger charge is -2.49. The maximum absolute atomic E-state index is 12.8. The van der Waals surface area contributed by atoms with Gasteiger partial charge in [0.05, 0.1) is 25.9 Å². The molecule has 0 radical (unpaired) electrons. The van der Waals surface area contributed by atoms with Crippen molar-refractivity contribution in [1.82, 2.24) is 40.0 Å². The van der Waals surface area contributed by atoms with Gasteiger partial charge in [-0.1, -0.05) is 131 Å². The summed E-state index contributed by atoms with van der Waals surface area (Å²) < 4.78 is 14.8. The normalized spacial score (nSPS) is 15.4. The number of carboxylic acid groups (broad SMARTS) is 2. The van der Waals surface area contributed by atoms with Gasteiger partial charge in [0.2, 0.25) is 11.1 Å². The van der Waals surface area contributed by atoms with E-state index in [1.807, 2.05) is 65.4 Å². The first-order chi connectivity index (χ1) is 35.3. The van der Waals surface area contributed by atoms with Gasteiger partial charge in [-0.2, -0.15) is 0 Å². The number of benzene rings is 5.